The van der Waals surface area contributed by atoms with Crippen molar-refractivity contribution in [2.24, 2.45) is 0 Å². The first-order valence-corrected chi connectivity index (χ1v) is 13.5. The Kier molecular flexibility index (Phi) is 6.80. The highest BCUT2D eigenvalue weighted by Gasteiger charge is 2.25. The van der Waals surface area contributed by atoms with Gasteiger partial charge in [0, 0.05) is 13.8 Å². The molecule has 32 heavy (non-hydrogen) atoms. The number of methoxy groups -OCH3 is 1. The van der Waals surface area contributed by atoms with E-state index in [4.69, 9.17) is 4.74 Å². The van der Waals surface area contributed by atoms with E-state index in [-0.39, 0.29) is 16.6 Å². The number of nitrogens with one attached hydrogen (secondary N) is 1. The minimum absolute atomic E-state index is 0.153. The molecule has 164 valence electrons. The highest BCUT2D eigenvalue weighted by Crippen LogP contribution is 2.41. The maximum absolute atomic E-state index is 13.1. The Morgan fingerprint density at radius 1 is 1.03 bits per heavy atom. The lowest BCUT2D eigenvalue weighted by molar-refractivity contribution is -0.112. The van der Waals surface area contributed by atoms with Gasteiger partial charge in [-0.25, -0.2) is 8.42 Å². The third-order valence-corrected chi connectivity index (χ3v) is 9.02. The number of ether oxygens (including phenoxy) is 1. The van der Waals surface area contributed by atoms with Crippen molar-refractivity contribution in [3.05, 3.63) is 85.6 Å². The summed E-state index contributed by atoms with van der Waals surface area (Å²) in [6, 6.07) is 17.6. The number of fused-ring (bicyclic) bond motifs is 1. The van der Waals surface area contributed by atoms with Crippen molar-refractivity contribution in [3.8, 4) is 5.75 Å². The number of hydrogen-bond donors (Lipinski definition) is 1. The van der Waals surface area contributed by atoms with Gasteiger partial charge in [-0.05, 0) is 59.7 Å². The number of rotatable bonds is 5. The van der Waals surface area contributed by atoms with Gasteiger partial charge in [-0.15, -0.1) is 0 Å². The fourth-order valence-corrected chi connectivity index (χ4v) is 7.27. The van der Waals surface area contributed by atoms with Crippen molar-refractivity contribution in [3.63, 3.8) is 0 Å². The second kappa shape index (κ2) is 9.43. The Bertz CT molecular complexity index is 1320. The number of hydrogen-bond acceptors (Lipinski definition) is 5. The van der Waals surface area contributed by atoms with Crippen LogP contribution in [-0.2, 0) is 20.4 Å². The van der Waals surface area contributed by atoms with Gasteiger partial charge in [-0.3, -0.25) is 4.79 Å². The standard InChI is InChI=1S/C23H17Br2NO4S2/c1-30-15-7-5-14(6-8-15)11-22-23(27)26-20-10-9-16(12-21(20)31-22)32(28,29)13-17-18(24)3-2-4-19(17)25/h2-12H,13H2,1H3,(H,26,27)/b22-11-. The van der Waals surface area contributed by atoms with Gasteiger partial charge in [-0.2, -0.15) is 0 Å². The average Bonchev–Trinajstić information content (AvgIpc) is 2.77. The molecule has 0 radical (unpaired) electrons. The largest absolute Gasteiger partial charge is 0.497 e. The first-order valence-electron chi connectivity index (χ1n) is 9.41. The fraction of sp³-hybridized carbons (Fsp3) is 0.0870. The number of benzene rings is 3. The number of halogens is 2. The Balaban J connectivity index is 1.64. The molecule has 9 heteroatoms. The van der Waals surface area contributed by atoms with Crippen LogP contribution in [0.2, 0.25) is 0 Å². The first-order chi connectivity index (χ1) is 15.3. The van der Waals surface area contributed by atoms with E-state index in [0.29, 0.717) is 21.1 Å². The van der Waals surface area contributed by atoms with Crippen molar-refractivity contribution >= 4 is 71.1 Å². The predicted octanol–water partition coefficient (Wildman–Crippen LogP) is 6.28. The van der Waals surface area contributed by atoms with E-state index >= 15 is 0 Å². The predicted molar refractivity (Wildman–Crippen MR) is 135 cm³/mol. The highest BCUT2D eigenvalue weighted by atomic mass is 79.9. The molecular formula is C23H17Br2NO4S2. The Hall–Kier alpha value is -2.07. The zero-order valence-electron chi connectivity index (χ0n) is 16.8. The smallest absolute Gasteiger partial charge is 0.262 e. The lowest BCUT2D eigenvalue weighted by atomic mass is 10.2. The molecule has 1 aliphatic heterocycles. The number of anilines is 1. The molecule has 0 fully saturated rings. The van der Waals surface area contributed by atoms with Crippen LogP contribution in [0.3, 0.4) is 0 Å². The van der Waals surface area contributed by atoms with Crippen LogP contribution in [0.4, 0.5) is 5.69 Å². The number of amides is 1. The van der Waals surface area contributed by atoms with Gasteiger partial charge in [0.1, 0.15) is 5.75 Å². The summed E-state index contributed by atoms with van der Waals surface area (Å²) in [5.41, 5.74) is 2.09. The van der Waals surface area contributed by atoms with Crippen LogP contribution in [0.1, 0.15) is 11.1 Å². The molecule has 1 aliphatic rings. The van der Waals surface area contributed by atoms with Crippen LogP contribution in [-0.4, -0.2) is 21.4 Å². The summed E-state index contributed by atoms with van der Waals surface area (Å²) in [4.78, 5) is 13.9. The van der Waals surface area contributed by atoms with E-state index in [2.05, 4.69) is 37.2 Å². The molecular weight excluding hydrogens is 578 g/mol. The van der Waals surface area contributed by atoms with Crippen LogP contribution in [0.15, 0.2) is 84.3 Å². The summed E-state index contributed by atoms with van der Waals surface area (Å²) in [5, 5.41) is 2.84. The molecule has 4 rings (SSSR count). The average molecular weight is 595 g/mol. The summed E-state index contributed by atoms with van der Waals surface area (Å²) >= 11 is 8.10. The van der Waals surface area contributed by atoms with Crippen LogP contribution < -0.4 is 10.1 Å². The van der Waals surface area contributed by atoms with Crippen molar-refractivity contribution in [1.82, 2.24) is 0 Å². The van der Waals surface area contributed by atoms with Gasteiger partial charge in [0.25, 0.3) is 5.91 Å². The zero-order valence-corrected chi connectivity index (χ0v) is 21.6. The van der Waals surface area contributed by atoms with E-state index in [1.54, 1.807) is 25.3 Å². The SMILES string of the molecule is COc1ccc(/C=C2\Sc3cc(S(=O)(=O)Cc4c(Br)cccc4Br)ccc3NC2=O)cc1. The summed E-state index contributed by atoms with van der Waals surface area (Å²) in [6.07, 6.45) is 1.77. The van der Waals surface area contributed by atoms with Gasteiger partial charge in [0.15, 0.2) is 9.84 Å². The van der Waals surface area contributed by atoms with Crippen LogP contribution in [0, 0.1) is 0 Å². The van der Waals surface area contributed by atoms with E-state index in [1.165, 1.54) is 17.8 Å². The van der Waals surface area contributed by atoms with Gasteiger partial charge in [-0.1, -0.05) is 61.8 Å². The molecule has 0 unspecified atom stereocenters. The van der Waals surface area contributed by atoms with E-state index in [9.17, 15) is 13.2 Å². The van der Waals surface area contributed by atoms with Crippen molar-refractivity contribution < 1.29 is 17.9 Å². The maximum atomic E-state index is 13.1. The monoisotopic (exact) mass is 593 g/mol. The molecule has 1 amide bonds. The highest BCUT2D eigenvalue weighted by molar-refractivity contribution is 9.11. The summed E-state index contributed by atoms with van der Waals surface area (Å²) in [6.45, 7) is 0. The fourth-order valence-electron chi connectivity index (χ4n) is 3.12. The van der Waals surface area contributed by atoms with Crippen molar-refractivity contribution in [1.29, 1.82) is 0 Å². The number of sulfone groups is 1. The molecule has 0 atom stereocenters. The maximum Gasteiger partial charge on any atom is 0.262 e. The lowest BCUT2D eigenvalue weighted by Gasteiger charge is -2.19. The number of carbonyl (C=O) groups is 1. The van der Waals surface area contributed by atoms with Crippen LogP contribution in [0.5, 0.6) is 5.75 Å². The molecule has 0 aliphatic carbocycles. The van der Waals surface area contributed by atoms with Gasteiger partial charge in [0.05, 0.1) is 28.4 Å². The third-order valence-electron chi connectivity index (χ3n) is 4.81. The zero-order chi connectivity index (χ0) is 22.9. The second-order valence-electron chi connectivity index (χ2n) is 6.96. The van der Waals surface area contributed by atoms with Gasteiger partial charge < -0.3 is 10.1 Å². The van der Waals surface area contributed by atoms with E-state index in [0.717, 1.165) is 20.3 Å². The van der Waals surface area contributed by atoms with Crippen LogP contribution >= 0.6 is 43.6 Å². The Morgan fingerprint density at radius 3 is 2.38 bits per heavy atom. The molecule has 0 aromatic heterocycles. The first kappa shape index (κ1) is 23.1. The third kappa shape index (κ3) is 4.96. The van der Waals surface area contributed by atoms with E-state index in [1.807, 2.05) is 42.5 Å². The molecule has 1 N–H and O–H groups in total. The van der Waals surface area contributed by atoms with Crippen LogP contribution in [0.25, 0.3) is 6.08 Å². The number of thioether (sulfide) groups is 1. The quantitative estimate of drug-likeness (QED) is 0.352. The minimum Gasteiger partial charge on any atom is -0.497 e. The topological polar surface area (TPSA) is 72.5 Å². The molecule has 0 spiro atoms. The molecule has 0 bridgehead atoms. The molecule has 0 saturated carbocycles. The van der Waals surface area contributed by atoms with E-state index < -0.39 is 9.84 Å². The molecule has 1 heterocycles. The van der Waals surface area contributed by atoms with Crippen molar-refractivity contribution in [2.75, 3.05) is 12.4 Å². The summed E-state index contributed by atoms with van der Waals surface area (Å²) in [7, 11) is -2.02. The molecule has 3 aromatic rings. The summed E-state index contributed by atoms with van der Waals surface area (Å²) < 4.78 is 32.9. The normalized spacial score (nSPS) is 14.7. The number of carbonyl (C=O) groups excluding carboxylic acids is 1. The summed E-state index contributed by atoms with van der Waals surface area (Å²) in [5.74, 6) is 0.343. The van der Waals surface area contributed by atoms with Gasteiger partial charge >= 0.3 is 0 Å². The van der Waals surface area contributed by atoms with Gasteiger partial charge in [0.2, 0.25) is 0 Å². The second-order valence-corrected chi connectivity index (χ2v) is 11.7. The molecule has 0 saturated heterocycles. The lowest BCUT2D eigenvalue weighted by Crippen LogP contribution is -2.17. The Labute approximate surface area is 207 Å². The Morgan fingerprint density at radius 2 is 1.72 bits per heavy atom. The minimum atomic E-state index is -3.61. The van der Waals surface area contributed by atoms with Crippen molar-refractivity contribution in [2.45, 2.75) is 15.5 Å². The molecule has 3 aromatic carbocycles. The molecule has 5 nitrogen and oxygen atoms in total.